The summed E-state index contributed by atoms with van der Waals surface area (Å²) < 4.78 is 18.0. The van der Waals surface area contributed by atoms with E-state index in [0.717, 1.165) is 29.8 Å². The third-order valence-corrected chi connectivity index (χ3v) is 13.8. The molecule has 0 aliphatic carbocycles. The van der Waals surface area contributed by atoms with Crippen LogP contribution in [0.3, 0.4) is 0 Å². The second-order valence-electron chi connectivity index (χ2n) is 17.3. The fraction of sp³-hybridized carbons (Fsp3) is 0.537. The molecule has 2 N–H and O–H groups in total. The molecular formula is C41H61N7O6Si. The summed E-state index contributed by atoms with van der Waals surface area (Å²) in [5.74, 6) is 0.886. The standard InChI is InChI=1S/C41H61N7O6Si/c1-39(2,3)53-37(50)47(28-36(49)46-22-19-42-20-23-46)24-21-43-34-16-15-32(27-45-34)31-17-18-44-35(26-31)48(38(51)54-40(4,5)6)33-14-12-13-30(25-33)29-52-55(10,11)41(7,8)9/h12-18,25-27,42H,19-24,28-29H2,1-11H3,(H,43,45). The van der Waals surface area contributed by atoms with Gasteiger partial charge >= 0.3 is 12.2 Å². The Bertz CT molecular complexity index is 1760. The first-order valence-corrected chi connectivity index (χ1v) is 21.9. The Kier molecular flexibility index (Phi) is 14.1. The van der Waals surface area contributed by atoms with Crippen LogP contribution in [0.15, 0.2) is 60.9 Å². The zero-order valence-electron chi connectivity index (χ0n) is 34.6. The molecule has 1 fully saturated rings. The maximum atomic E-state index is 13.8. The molecule has 1 aromatic carbocycles. The molecule has 14 heteroatoms. The first-order valence-electron chi connectivity index (χ1n) is 19.0. The summed E-state index contributed by atoms with van der Waals surface area (Å²) in [5.41, 5.74) is 1.75. The predicted molar refractivity (Wildman–Crippen MR) is 220 cm³/mol. The van der Waals surface area contributed by atoms with Gasteiger partial charge in [-0.3, -0.25) is 9.69 Å². The number of aromatic nitrogens is 2. The van der Waals surface area contributed by atoms with E-state index in [1.54, 1.807) is 38.1 Å². The third-order valence-electron chi connectivity index (χ3n) is 9.36. The first-order chi connectivity index (χ1) is 25.6. The van der Waals surface area contributed by atoms with E-state index in [1.807, 2.05) is 69.3 Å². The molecular weight excluding hydrogens is 715 g/mol. The molecule has 3 aromatic rings. The van der Waals surface area contributed by atoms with E-state index in [2.05, 4.69) is 54.5 Å². The molecule has 1 saturated heterocycles. The van der Waals surface area contributed by atoms with Crippen LogP contribution in [0.5, 0.6) is 0 Å². The van der Waals surface area contributed by atoms with E-state index in [-0.39, 0.29) is 24.0 Å². The van der Waals surface area contributed by atoms with E-state index in [1.165, 1.54) is 9.80 Å². The number of ether oxygens (including phenoxy) is 2. The number of carbonyl (C=O) groups excluding carboxylic acids is 3. The molecule has 1 aliphatic rings. The van der Waals surface area contributed by atoms with Gasteiger partial charge in [-0.05, 0) is 107 Å². The van der Waals surface area contributed by atoms with E-state index in [9.17, 15) is 14.4 Å². The number of hydrogen-bond acceptors (Lipinski definition) is 10. The zero-order chi connectivity index (χ0) is 40.6. The van der Waals surface area contributed by atoms with E-state index in [0.29, 0.717) is 43.6 Å². The topological polar surface area (TPSA) is 138 Å². The SMILES string of the molecule is CC(C)(C)OC(=O)N(CCNc1ccc(-c2ccnc(N(C(=O)OC(C)(C)C)c3cccc(CO[Si](C)(C)C(C)(C)C)c3)c2)cn1)CC(=O)N1CCNCC1. The summed E-state index contributed by atoms with van der Waals surface area (Å²) in [6.45, 7) is 25.6. The van der Waals surface area contributed by atoms with Crippen molar-refractivity contribution < 1.29 is 28.3 Å². The number of carbonyl (C=O) groups is 3. The van der Waals surface area contributed by atoms with Crippen molar-refractivity contribution in [2.24, 2.45) is 0 Å². The monoisotopic (exact) mass is 775 g/mol. The lowest BCUT2D eigenvalue weighted by Gasteiger charge is -2.36. The lowest BCUT2D eigenvalue weighted by Crippen LogP contribution is -2.51. The maximum Gasteiger partial charge on any atom is 0.420 e. The van der Waals surface area contributed by atoms with Crippen LogP contribution in [0.25, 0.3) is 11.1 Å². The van der Waals surface area contributed by atoms with Gasteiger partial charge in [0.2, 0.25) is 5.91 Å². The van der Waals surface area contributed by atoms with Crippen molar-refractivity contribution in [3.63, 3.8) is 0 Å². The van der Waals surface area contributed by atoms with E-state index < -0.39 is 31.7 Å². The fourth-order valence-corrected chi connectivity index (χ4v) is 6.31. The van der Waals surface area contributed by atoms with Gasteiger partial charge in [0.15, 0.2) is 8.32 Å². The molecule has 0 saturated carbocycles. The largest absolute Gasteiger partial charge is 0.444 e. The molecule has 0 bridgehead atoms. The van der Waals surface area contributed by atoms with Gasteiger partial charge in [-0.25, -0.2) is 24.5 Å². The molecule has 55 heavy (non-hydrogen) atoms. The smallest absolute Gasteiger partial charge is 0.420 e. The Hall–Kier alpha value is -4.53. The molecule has 4 rings (SSSR count). The fourth-order valence-electron chi connectivity index (χ4n) is 5.35. The quantitative estimate of drug-likeness (QED) is 0.175. The normalized spacial score (nSPS) is 13.9. The van der Waals surface area contributed by atoms with Gasteiger partial charge in [-0.1, -0.05) is 32.9 Å². The summed E-state index contributed by atoms with van der Waals surface area (Å²) >= 11 is 0. The van der Waals surface area contributed by atoms with Crippen molar-refractivity contribution in [1.82, 2.24) is 25.1 Å². The van der Waals surface area contributed by atoms with Crippen molar-refractivity contribution in [3.8, 4) is 11.1 Å². The van der Waals surface area contributed by atoms with Crippen molar-refractivity contribution in [2.75, 3.05) is 56.0 Å². The molecule has 3 amide bonds. The van der Waals surface area contributed by atoms with Crippen LogP contribution in [0.1, 0.15) is 67.9 Å². The number of hydrogen-bond donors (Lipinski definition) is 2. The van der Waals surface area contributed by atoms with Crippen LogP contribution in [0, 0.1) is 0 Å². The van der Waals surface area contributed by atoms with Crippen molar-refractivity contribution in [1.29, 1.82) is 0 Å². The van der Waals surface area contributed by atoms with Crippen molar-refractivity contribution in [3.05, 3.63) is 66.5 Å². The highest BCUT2D eigenvalue weighted by molar-refractivity contribution is 6.74. The Labute approximate surface area is 328 Å². The average Bonchev–Trinajstić information content (AvgIpc) is 3.09. The Morgan fingerprint density at radius 1 is 0.855 bits per heavy atom. The van der Waals surface area contributed by atoms with Crippen molar-refractivity contribution in [2.45, 2.75) is 98.3 Å². The molecule has 300 valence electrons. The van der Waals surface area contributed by atoms with Gasteiger partial charge in [0.05, 0.1) is 12.3 Å². The summed E-state index contributed by atoms with van der Waals surface area (Å²) in [4.78, 5) is 53.7. The number of pyridine rings is 2. The van der Waals surface area contributed by atoms with Crippen LogP contribution in [0.4, 0.5) is 26.9 Å². The minimum atomic E-state index is -2.00. The lowest BCUT2D eigenvalue weighted by atomic mass is 10.1. The van der Waals surface area contributed by atoms with E-state index in [4.69, 9.17) is 13.9 Å². The van der Waals surface area contributed by atoms with Crippen molar-refractivity contribution >= 4 is 43.7 Å². The van der Waals surface area contributed by atoms with Gasteiger partial charge < -0.3 is 29.4 Å². The number of nitrogens with one attached hydrogen (secondary N) is 2. The molecule has 0 spiro atoms. The molecule has 13 nitrogen and oxygen atoms in total. The van der Waals surface area contributed by atoms with Gasteiger partial charge in [-0.15, -0.1) is 0 Å². The van der Waals surface area contributed by atoms with Crippen LogP contribution in [-0.4, -0.2) is 103 Å². The molecule has 2 aromatic heterocycles. The highest BCUT2D eigenvalue weighted by Crippen LogP contribution is 2.37. The molecule has 3 heterocycles. The number of nitrogens with zero attached hydrogens (tertiary/aromatic N) is 5. The Morgan fingerprint density at radius 3 is 2.15 bits per heavy atom. The highest BCUT2D eigenvalue weighted by atomic mass is 28.4. The van der Waals surface area contributed by atoms with Crippen LogP contribution >= 0.6 is 0 Å². The average molecular weight is 776 g/mol. The predicted octanol–water partition coefficient (Wildman–Crippen LogP) is 7.82. The van der Waals surface area contributed by atoms with Crippen LogP contribution in [0.2, 0.25) is 18.1 Å². The Balaban J connectivity index is 1.50. The lowest BCUT2D eigenvalue weighted by molar-refractivity contribution is -0.132. The molecule has 0 atom stereocenters. The number of piperazine rings is 1. The minimum absolute atomic E-state index is 0.0655. The van der Waals surface area contributed by atoms with Gasteiger partial charge in [-0.2, -0.15) is 0 Å². The second kappa shape index (κ2) is 17.9. The highest BCUT2D eigenvalue weighted by Gasteiger charge is 2.37. The van der Waals surface area contributed by atoms with Crippen LogP contribution in [-0.2, 0) is 25.3 Å². The molecule has 0 radical (unpaired) electrons. The zero-order valence-corrected chi connectivity index (χ0v) is 35.6. The summed E-state index contributed by atoms with van der Waals surface area (Å²) in [5, 5.41) is 6.57. The number of rotatable bonds is 12. The summed E-state index contributed by atoms with van der Waals surface area (Å²) in [7, 11) is -2.00. The number of amides is 3. The molecule has 1 aliphatic heterocycles. The first kappa shape index (κ1) is 43.2. The summed E-state index contributed by atoms with van der Waals surface area (Å²) in [6, 6.07) is 15.2. The second-order valence-corrected chi connectivity index (χ2v) is 22.1. The van der Waals surface area contributed by atoms with Crippen LogP contribution < -0.4 is 15.5 Å². The molecule has 0 unspecified atom stereocenters. The van der Waals surface area contributed by atoms with E-state index >= 15 is 0 Å². The number of benzene rings is 1. The van der Waals surface area contributed by atoms with Gasteiger partial charge in [0, 0.05) is 57.2 Å². The Morgan fingerprint density at radius 2 is 1.53 bits per heavy atom. The maximum absolute atomic E-state index is 13.8. The van der Waals surface area contributed by atoms with Gasteiger partial charge in [0.1, 0.15) is 29.4 Å². The minimum Gasteiger partial charge on any atom is -0.444 e. The summed E-state index contributed by atoms with van der Waals surface area (Å²) in [6.07, 6.45) is 2.30. The number of anilines is 3. The third kappa shape index (κ3) is 13.0. The van der Waals surface area contributed by atoms with Gasteiger partial charge in [0.25, 0.3) is 0 Å².